The Morgan fingerprint density at radius 2 is 1.83 bits per heavy atom. The monoisotopic (exact) mass is 268 g/mol. The van der Waals surface area contributed by atoms with E-state index in [1.165, 1.54) is 6.07 Å². The second kappa shape index (κ2) is 6.04. The molecule has 4 heteroatoms. The molecule has 0 amide bonds. The minimum Gasteiger partial charge on any atom is -0.326 e. The maximum atomic E-state index is 13.4. The summed E-state index contributed by atoms with van der Waals surface area (Å²) in [6.07, 6.45) is 0. The number of rotatable bonds is 3. The maximum absolute atomic E-state index is 13.4. The van der Waals surface area contributed by atoms with Gasteiger partial charge in [-0.05, 0) is 23.3 Å². The topological polar surface area (TPSA) is 29.3 Å². The summed E-state index contributed by atoms with van der Waals surface area (Å²) < 4.78 is 13.4. The van der Waals surface area contributed by atoms with Crippen LogP contribution in [0.3, 0.4) is 0 Å². The van der Waals surface area contributed by atoms with Gasteiger partial charge in [0.15, 0.2) is 0 Å². The average Bonchev–Trinajstić information content (AvgIpc) is 2.26. The fourth-order valence-corrected chi connectivity index (χ4v) is 3.99. The summed E-state index contributed by atoms with van der Waals surface area (Å²) in [5.41, 5.74) is 7.48. The minimum absolute atomic E-state index is 0.180. The van der Waals surface area contributed by atoms with E-state index in [1.807, 2.05) is 17.8 Å². The van der Waals surface area contributed by atoms with Crippen LogP contribution in [0.15, 0.2) is 18.2 Å². The fourth-order valence-electron chi connectivity index (χ4n) is 2.60. The van der Waals surface area contributed by atoms with Crippen molar-refractivity contribution in [2.45, 2.75) is 37.4 Å². The SMILES string of the molecule is CC1CN(Cc2cc(F)cc(CN)c2)CC(C)S1. The zero-order chi connectivity index (χ0) is 13.1. The van der Waals surface area contributed by atoms with Gasteiger partial charge in [-0.2, -0.15) is 11.8 Å². The van der Waals surface area contributed by atoms with Crippen LogP contribution in [0.1, 0.15) is 25.0 Å². The highest BCUT2D eigenvalue weighted by atomic mass is 32.2. The van der Waals surface area contributed by atoms with Crippen LogP contribution in [0.2, 0.25) is 0 Å². The molecule has 0 aromatic heterocycles. The van der Waals surface area contributed by atoms with E-state index >= 15 is 0 Å². The number of nitrogens with zero attached hydrogens (tertiary/aromatic N) is 1. The normalized spacial score (nSPS) is 25.3. The van der Waals surface area contributed by atoms with E-state index in [0.717, 1.165) is 30.8 Å². The molecule has 0 spiro atoms. The first-order valence-corrected chi connectivity index (χ1v) is 7.37. The van der Waals surface area contributed by atoms with Gasteiger partial charge in [-0.15, -0.1) is 0 Å². The molecule has 1 aliphatic rings. The molecule has 100 valence electrons. The molecular weight excluding hydrogens is 247 g/mol. The Kier molecular flexibility index (Phi) is 4.65. The Morgan fingerprint density at radius 1 is 1.22 bits per heavy atom. The molecule has 18 heavy (non-hydrogen) atoms. The predicted molar refractivity (Wildman–Crippen MR) is 76.1 cm³/mol. The second-order valence-electron chi connectivity index (χ2n) is 5.12. The number of thioether (sulfide) groups is 1. The lowest BCUT2D eigenvalue weighted by atomic mass is 10.1. The zero-order valence-corrected chi connectivity index (χ0v) is 11.8. The van der Waals surface area contributed by atoms with Crippen molar-refractivity contribution in [3.05, 3.63) is 35.1 Å². The first-order valence-electron chi connectivity index (χ1n) is 6.43. The van der Waals surface area contributed by atoms with Crippen LogP contribution in [0.4, 0.5) is 4.39 Å². The molecule has 1 fully saturated rings. The van der Waals surface area contributed by atoms with Gasteiger partial charge in [0.2, 0.25) is 0 Å². The van der Waals surface area contributed by atoms with Gasteiger partial charge in [0.1, 0.15) is 5.82 Å². The largest absolute Gasteiger partial charge is 0.326 e. The van der Waals surface area contributed by atoms with Crippen LogP contribution in [0.5, 0.6) is 0 Å². The maximum Gasteiger partial charge on any atom is 0.123 e. The molecule has 1 heterocycles. The molecule has 1 aromatic carbocycles. The quantitative estimate of drug-likeness (QED) is 0.913. The molecule has 2 rings (SSSR count). The van der Waals surface area contributed by atoms with Crippen molar-refractivity contribution in [3.8, 4) is 0 Å². The molecule has 0 saturated carbocycles. The summed E-state index contributed by atoms with van der Waals surface area (Å²) in [4.78, 5) is 2.40. The van der Waals surface area contributed by atoms with Gasteiger partial charge in [0.05, 0.1) is 0 Å². The lowest BCUT2D eigenvalue weighted by Crippen LogP contribution is -2.39. The summed E-state index contributed by atoms with van der Waals surface area (Å²) in [7, 11) is 0. The standard InChI is InChI=1S/C14H21FN2S/c1-10-7-17(8-11(2)18-10)9-13-3-12(6-16)4-14(15)5-13/h3-5,10-11H,6-9,16H2,1-2H3. The van der Waals surface area contributed by atoms with Crippen molar-refractivity contribution >= 4 is 11.8 Å². The first-order chi connectivity index (χ1) is 8.56. The van der Waals surface area contributed by atoms with Gasteiger partial charge >= 0.3 is 0 Å². The number of benzene rings is 1. The third-order valence-electron chi connectivity index (χ3n) is 3.15. The van der Waals surface area contributed by atoms with Crippen LogP contribution < -0.4 is 5.73 Å². The van der Waals surface area contributed by atoms with E-state index in [2.05, 4.69) is 18.7 Å². The van der Waals surface area contributed by atoms with E-state index in [1.54, 1.807) is 6.07 Å². The van der Waals surface area contributed by atoms with Gasteiger partial charge in [-0.1, -0.05) is 19.9 Å². The Labute approximate surface area is 113 Å². The van der Waals surface area contributed by atoms with Gasteiger partial charge in [-0.3, -0.25) is 4.90 Å². The third-order valence-corrected chi connectivity index (χ3v) is 4.38. The molecule has 0 aliphatic carbocycles. The van der Waals surface area contributed by atoms with Gasteiger partial charge in [0, 0.05) is 36.7 Å². The molecule has 2 unspecified atom stereocenters. The fraction of sp³-hybridized carbons (Fsp3) is 0.571. The summed E-state index contributed by atoms with van der Waals surface area (Å²) in [5, 5.41) is 1.30. The van der Waals surface area contributed by atoms with Crippen LogP contribution in [-0.2, 0) is 13.1 Å². The summed E-state index contributed by atoms with van der Waals surface area (Å²) >= 11 is 2.03. The van der Waals surface area contributed by atoms with Gasteiger partial charge in [-0.25, -0.2) is 4.39 Å². The van der Waals surface area contributed by atoms with Crippen molar-refractivity contribution in [1.82, 2.24) is 4.90 Å². The minimum atomic E-state index is -0.180. The van der Waals surface area contributed by atoms with Gasteiger partial charge < -0.3 is 5.73 Å². The summed E-state index contributed by atoms with van der Waals surface area (Å²) in [6.45, 7) is 7.87. The van der Waals surface area contributed by atoms with Crippen LogP contribution in [0.25, 0.3) is 0 Å². The van der Waals surface area contributed by atoms with E-state index < -0.39 is 0 Å². The lowest BCUT2D eigenvalue weighted by Gasteiger charge is -2.34. The van der Waals surface area contributed by atoms with Gasteiger partial charge in [0.25, 0.3) is 0 Å². The molecule has 2 N–H and O–H groups in total. The predicted octanol–water partition coefficient (Wildman–Crippen LogP) is 2.61. The Morgan fingerprint density at radius 3 is 2.44 bits per heavy atom. The summed E-state index contributed by atoms with van der Waals surface area (Å²) in [5.74, 6) is -0.180. The Bertz CT molecular complexity index is 401. The highest BCUT2D eigenvalue weighted by Crippen LogP contribution is 2.25. The number of hydrogen-bond donors (Lipinski definition) is 1. The average molecular weight is 268 g/mol. The zero-order valence-electron chi connectivity index (χ0n) is 11.0. The molecule has 2 nitrogen and oxygen atoms in total. The molecule has 1 saturated heterocycles. The first kappa shape index (κ1) is 13.8. The second-order valence-corrected chi connectivity index (χ2v) is 7.00. The molecule has 2 atom stereocenters. The summed E-state index contributed by atoms with van der Waals surface area (Å²) in [6, 6.07) is 5.15. The van der Waals surface area contributed by atoms with Crippen molar-refractivity contribution in [1.29, 1.82) is 0 Å². The van der Waals surface area contributed by atoms with E-state index in [0.29, 0.717) is 17.0 Å². The van der Waals surface area contributed by atoms with Crippen LogP contribution in [-0.4, -0.2) is 28.5 Å². The molecule has 0 bridgehead atoms. The third kappa shape index (κ3) is 3.70. The molecule has 1 aliphatic heterocycles. The number of halogens is 1. The number of nitrogens with two attached hydrogens (primary N) is 1. The molecule has 0 radical (unpaired) electrons. The van der Waals surface area contributed by atoms with Crippen LogP contribution in [0, 0.1) is 5.82 Å². The lowest BCUT2D eigenvalue weighted by molar-refractivity contribution is 0.262. The highest BCUT2D eigenvalue weighted by Gasteiger charge is 2.22. The number of hydrogen-bond acceptors (Lipinski definition) is 3. The highest BCUT2D eigenvalue weighted by molar-refractivity contribution is 8.00. The van der Waals surface area contributed by atoms with E-state index in [4.69, 9.17) is 5.73 Å². The smallest absolute Gasteiger partial charge is 0.123 e. The molecule has 1 aromatic rings. The Hall–Kier alpha value is -0.580. The van der Waals surface area contributed by atoms with Crippen molar-refractivity contribution in [2.75, 3.05) is 13.1 Å². The van der Waals surface area contributed by atoms with E-state index in [9.17, 15) is 4.39 Å². The molecular formula is C14H21FN2S. The van der Waals surface area contributed by atoms with E-state index in [-0.39, 0.29) is 5.82 Å². The van der Waals surface area contributed by atoms with Crippen LogP contribution >= 0.6 is 11.8 Å². The van der Waals surface area contributed by atoms with Crippen molar-refractivity contribution in [2.24, 2.45) is 5.73 Å². The Balaban J connectivity index is 2.06. The van der Waals surface area contributed by atoms with Crippen molar-refractivity contribution < 1.29 is 4.39 Å². The van der Waals surface area contributed by atoms with Crippen molar-refractivity contribution in [3.63, 3.8) is 0 Å².